The van der Waals surface area contributed by atoms with Crippen LogP contribution < -0.4 is 15.8 Å². The van der Waals surface area contributed by atoms with E-state index in [0.29, 0.717) is 5.00 Å². The van der Waals surface area contributed by atoms with Gasteiger partial charge in [0.2, 0.25) is 0 Å². The number of anilines is 2. The molecule has 1 aromatic rings. The number of rotatable bonds is 5. The molecule has 5 nitrogen and oxygen atoms in total. The molecule has 0 spiro atoms. The Morgan fingerprint density at radius 1 is 1.67 bits per heavy atom. The van der Waals surface area contributed by atoms with E-state index in [9.17, 15) is 8.78 Å². The first-order valence-electron chi connectivity index (χ1n) is 4.02. The minimum atomic E-state index is -3.18. The minimum absolute atomic E-state index is 0.150. The lowest BCUT2D eigenvalue weighted by molar-refractivity contribution is -0.0372. The summed E-state index contributed by atoms with van der Waals surface area (Å²) in [6.07, 6.45) is 0. The number of aliphatic hydroxyl groups excluding tert-OH is 1. The summed E-state index contributed by atoms with van der Waals surface area (Å²) in [7, 11) is 1.37. The predicted molar refractivity (Wildman–Crippen MR) is 53.6 cm³/mol. The van der Waals surface area contributed by atoms with Crippen molar-refractivity contribution in [2.45, 2.75) is 5.92 Å². The highest BCUT2D eigenvalue weighted by molar-refractivity contribution is 7.11. The molecule has 86 valence electrons. The Bertz CT molecular complexity index is 332. The summed E-state index contributed by atoms with van der Waals surface area (Å²) in [4.78, 5) is 0. The van der Waals surface area contributed by atoms with Crippen molar-refractivity contribution < 1.29 is 18.6 Å². The van der Waals surface area contributed by atoms with Gasteiger partial charge in [0.25, 0.3) is 5.92 Å². The molecule has 0 saturated heterocycles. The maximum absolute atomic E-state index is 12.7. The molecule has 0 unspecified atom stereocenters. The quantitative estimate of drug-likeness (QED) is 0.707. The van der Waals surface area contributed by atoms with Crippen LogP contribution in [0.15, 0.2) is 0 Å². The summed E-state index contributed by atoms with van der Waals surface area (Å²) in [5.74, 6) is -2.78. The monoisotopic (exact) mass is 239 g/mol. The zero-order valence-corrected chi connectivity index (χ0v) is 8.77. The van der Waals surface area contributed by atoms with Gasteiger partial charge in [-0.05, 0) is 11.5 Å². The molecule has 0 fully saturated rings. The third-order valence-corrected chi connectivity index (χ3v) is 2.42. The average Bonchev–Trinajstić information content (AvgIpc) is 2.56. The smallest absolute Gasteiger partial charge is 0.287 e. The standard InChI is InChI=1S/C7H11F2N3O2S/c1-14-4-5(10)12-15-6(4)11-2-7(8,9)3-13/h11,13H,2-3H2,1H3,(H2,10,12). The van der Waals surface area contributed by atoms with Crippen LogP contribution in [0.25, 0.3) is 0 Å². The first-order valence-corrected chi connectivity index (χ1v) is 4.79. The number of aromatic nitrogens is 1. The van der Waals surface area contributed by atoms with Crippen LogP contribution in [0, 0.1) is 0 Å². The summed E-state index contributed by atoms with van der Waals surface area (Å²) in [6, 6.07) is 0. The maximum atomic E-state index is 12.7. The van der Waals surface area contributed by atoms with E-state index in [2.05, 4.69) is 9.69 Å². The van der Waals surface area contributed by atoms with Crippen molar-refractivity contribution >= 4 is 22.4 Å². The van der Waals surface area contributed by atoms with E-state index in [1.807, 2.05) is 0 Å². The summed E-state index contributed by atoms with van der Waals surface area (Å²) in [6.45, 7) is -1.90. The van der Waals surface area contributed by atoms with Crippen molar-refractivity contribution in [3.63, 3.8) is 0 Å². The summed E-state index contributed by atoms with van der Waals surface area (Å²) in [5.41, 5.74) is 5.42. The number of hydrogen-bond donors (Lipinski definition) is 3. The highest BCUT2D eigenvalue weighted by Crippen LogP contribution is 2.35. The highest BCUT2D eigenvalue weighted by Gasteiger charge is 2.28. The lowest BCUT2D eigenvalue weighted by Gasteiger charge is -2.14. The van der Waals surface area contributed by atoms with Crippen LogP contribution in [0.5, 0.6) is 5.75 Å². The average molecular weight is 239 g/mol. The van der Waals surface area contributed by atoms with E-state index in [1.54, 1.807) is 0 Å². The largest absolute Gasteiger partial charge is 0.490 e. The van der Waals surface area contributed by atoms with E-state index in [4.69, 9.17) is 15.6 Å². The fourth-order valence-corrected chi connectivity index (χ4v) is 1.55. The number of nitrogens with two attached hydrogens (primary N) is 1. The normalized spacial score (nSPS) is 11.5. The van der Waals surface area contributed by atoms with Crippen LogP contribution >= 0.6 is 11.5 Å². The van der Waals surface area contributed by atoms with E-state index < -0.39 is 19.1 Å². The number of nitrogens with one attached hydrogen (secondary N) is 1. The molecular formula is C7H11F2N3O2S. The number of hydrogen-bond acceptors (Lipinski definition) is 6. The Balaban J connectivity index is 2.65. The summed E-state index contributed by atoms with van der Waals surface area (Å²) >= 11 is 0.926. The molecule has 4 N–H and O–H groups in total. The maximum Gasteiger partial charge on any atom is 0.287 e. The number of ether oxygens (including phenoxy) is 1. The SMILES string of the molecule is COc1c(N)nsc1NCC(F)(F)CO. The molecule has 0 aliphatic carbocycles. The second-order valence-corrected chi connectivity index (χ2v) is 3.57. The molecule has 0 aliphatic heterocycles. The molecule has 0 bridgehead atoms. The zero-order chi connectivity index (χ0) is 11.5. The topological polar surface area (TPSA) is 80.4 Å². The first kappa shape index (κ1) is 11.9. The predicted octanol–water partition coefficient (Wildman–Crippen LogP) is 0.773. The number of aliphatic hydroxyl groups is 1. The third-order valence-electron chi connectivity index (χ3n) is 1.62. The Morgan fingerprint density at radius 2 is 2.33 bits per heavy atom. The van der Waals surface area contributed by atoms with Gasteiger partial charge in [0.15, 0.2) is 16.6 Å². The second-order valence-electron chi connectivity index (χ2n) is 2.80. The van der Waals surface area contributed by atoms with Crippen molar-refractivity contribution in [2.24, 2.45) is 0 Å². The number of nitrogens with zero attached hydrogens (tertiary/aromatic N) is 1. The molecule has 0 radical (unpaired) electrons. The second kappa shape index (κ2) is 4.58. The lowest BCUT2D eigenvalue weighted by Crippen LogP contribution is -2.30. The number of nitrogen functional groups attached to an aromatic ring is 1. The van der Waals surface area contributed by atoms with Gasteiger partial charge in [-0.3, -0.25) is 0 Å². The number of alkyl halides is 2. The van der Waals surface area contributed by atoms with E-state index in [-0.39, 0.29) is 11.6 Å². The van der Waals surface area contributed by atoms with Crippen molar-refractivity contribution in [1.29, 1.82) is 0 Å². The Hall–Kier alpha value is -1.15. The number of methoxy groups -OCH3 is 1. The van der Waals surface area contributed by atoms with Crippen molar-refractivity contribution in [3.8, 4) is 5.75 Å². The molecule has 0 atom stereocenters. The van der Waals surface area contributed by atoms with Crippen molar-refractivity contribution in [1.82, 2.24) is 4.37 Å². The van der Waals surface area contributed by atoms with Gasteiger partial charge in [0, 0.05) is 0 Å². The fourth-order valence-electron chi connectivity index (χ4n) is 0.869. The van der Waals surface area contributed by atoms with Crippen LogP contribution in [-0.2, 0) is 0 Å². The van der Waals surface area contributed by atoms with Gasteiger partial charge in [-0.1, -0.05) is 0 Å². The Kier molecular flexibility index (Phi) is 3.64. The molecule has 0 saturated carbocycles. The van der Waals surface area contributed by atoms with Gasteiger partial charge in [-0.25, -0.2) is 8.78 Å². The lowest BCUT2D eigenvalue weighted by atomic mass is 10.3. The van der Waals surface area contributed by atoms with E-state index in [0.717, 1.165) is 11.5 Å². The minimum Gasteiger partial charge on any atom is -0.490 e. The molecule has 0 amide bonds. The van der Waals surface area contributed by atoms with E-state index in [1.165, 1.54) is 7.11 Å². The van der Waals surface area contributed by atoms with Crippen LogP contribution in [0.2, 0.25) is 0 Å². The van der Waals surface area contributed by atoms with Gasteiger partial charge >= 0.3 is 0 Å². The molecule has 1 aromatic heterocycles. The molecule has 0 aliphatic rings. The van der Waals surface area contributed by atoms with E-state index >= 15 is 0 Å². The fraction of sp³-hybridized carbons (Fsp3) is 0.571. The van der Waals surface area contributed by atoms with Crippen LogP contribution in [0.3, 0.4) is 0 Å². The zero-order valence-electron chi connectivity index (χ0n) is 7.96. The molecule has 8 heteroatoms. The number of halogens is 2. The Morgan fingerprint density at radius 3 is 2.87 bits per heavy atom. The van der Waals surface area contributed by atoms with Gasteiger partial charge in [0.05, 0.1) is 13.7 Å². The van der Waals surface area contributed by atoms with Crippen molar-refractivity contribution in [3.05, 3.63) is 0 Å². The van der Waals surface area contributed by atoms with Crippen LogP contribution in [-0.4, -0.2) is 35.7 Å². The molecule has 1 heterocycles. The third kappa shape index (κ3) is 2.90. The van der Waals surface area contributed by atoms with Crippen molar-refractivity contribution in [2.75, 3.05) is 31.3 Å². The molecule has 0 aromatic carbocycles. The first-order chi connectivity index (χ1) is 7.00. The van der Waals surface area contributed by atoms with Crippen LogP contribution in [0.1, 0.15) is 0 Å². The summed E-state index contributed by atoms with van der Waals surface area (Å²) in [5, 5.41) is 11.1. The summed E-state index contributed by atoms with van der Waals surface area (Å²) < 4.78 is 34.0. The van der Waals surface area contributed by atoms with Gasteiger partial charge in [-0.15, -0.1) is 0 Å². The van der Waals surface area contributed by atoms with Gasteiger partial charge in [0.1, 0.15) is 6.61 Å². The highest BCUT2D eigenvalue weighted by atomic mass is 32.1. The Labute approximate surface area is 89.0 Å². The molecular weight excluding hydrogens is 228 g/mol. The molecule has 1 rings (SSSR count). The van der Waals surface area contributed by atoms with Gasteiger partial charge in [-0.2, -0.15) is 4.37 Å². The molecule has 15 heavy (non-hydrogen) atoms. The van der Waals surface area contributed by atoms with Crippen LogP contribution in [0.4, 0.5) is 19.6 Å². The van der Waals surface area contributed by atoms with Gasteiger partial charge < -0.3 is 20.9 Å².